The number of oxime groups is 1. The van der Waals surface area contributed by atoms with E-state index in [1.54, 1.807) is 12.3 Å². The number of sulfone groups is 1. The first-order valence-corrected chi connectivity index (χ1v) is 15.5. The Labute approximate surface area is 243 Å². The summed E-state index contributed by atoms with van der Waals surface area (Å²) in [5, 5.41) is 10.3. The number of aromatic nitrogens is 2. The molecule has 0 aliphatic carbocycles. The molecule has 2 aromatic heterocycles. The summed E-state index contributed by atoms with van der Waals surface area (Å²) in [6.45, 7) is 2.44. The summed E-state index contributed by atoms with van der Waals surface area (Å²) in [5.74, 6) is -0.112. The van der Waals surface area contributed by atoms with Crippen LogP contribution in [-0.2, 0) is 28.9 Å². The molecule has 0 saturated carbocycles. The van der Waals surface area contributed by atoms with Crippen molar-refractivity contribution in [3.05, 3.63) is 54.2 Å². The zero-order valence-corrected chi connectivity index (χ0v) is 24.5. The summed E-state index contributed by atoms with van der Waals surface area (Å²) in [4.78, 5) is 28.7. The van der Waals surface area contributed by atoms with E-state index in [4.69, 9.17) is 19.0 Å². The van der Waals surface area contributed by atoms with Gasteiger partial charge in [-0.15, -0.1) is 0 Å². The molecule has 220 valence electrons. The second-order valence-corrected chi connectivity index (χ2v) is 12.2. The number of carbonyl (C=O) groups is 1. The van der Waals surface area contributed by atoms with Gasteiger partial charge in [0.15, 0.2) is 26.8 Å². The fourth-order valence-electron chi connectivity index (χ4n) is 3.78. The predicted octanol–water partition coefficient (Wildman–Crippen LogP) is 2.76. The van der Waals surface area contributed by atoms with Gasteiger partial charge in [0.05, 0.1) is 34.4 Å². The summed E-state index contributed by atoms with van der Waals surface area (Å²) < 4.78 is 41.2. The van der Waals surface area contributed by atoms with Crippen molar-refractivity contribution >= 4 is 37.9 Å². The zero-order chi connectivity index (χ0) is 29.1. The van der Waals surface area contributed by atoms with Crippen LogP contribution in [0.25, 0.3) is 10.6 Å². The minimum absolute atomic E-state index is 0.0185. The van der Waals surface area contributed by atoms with E-state index in [1.807, 2.05) is 19.2 Å². The van der Waals surface area contributed by atoms with E-state index in [9.17, 15) is 13.2 Å². The lowest BCUT2D eigenvalue weighted by Gasteiger charge is -2.10. The molecule has 1 atom stereocenters. The van der Waals surface area contributed by atoms with Crippen molar-refractivity contribution in [3.63, 3.8) is 0 Å². The Balaban J connectivity index is 1.50. The monoisotopic (exact) mass is 603 g/mol. The maximum Gasteiger partial charge on any atom is 0.280 e. The van der Waals surface area contributed by atoms with Crippen LogP contribution in [0.3, 0.4) is 0 Å². The molecule has 1 aliphatic heterocycles. The average molecular weight is 604 g/mol. The van der Waals surface area contributed by atoms with Crippen LogP contribution in [0.15, 0.2) is 58.7 Å². The van der Waals surface area contributed by atoms with Crippen molar-refractivity contribution in [1.82, 2.24) is 15.3 Å². The SMILES string of the molecule is CNCCOc1cccc(-c2cnc(NC(=O)/C(=N/O[C@@H]3CCOC3)c3ccc(S(=O)(=O)CCCOC)cc3)s2)n1. The highest BCUT2D eigenvalue weighted by Crippen LogP contribution is 2.29. The summed E-state index contributed by atoms with van der Waals surface area (Å²) in [6, 6.07) is 11.4. The Hall–Kier alpha value is -3.43. The molecule has 1 fully saturated rings. The van der Waals surface area contributed by atoms with Crippen molar-refractivity contribution in [2.24, 2.45) is 5.16 Å². The van der Waals surface area contributed by atoms with Gasteiger partial charge in [-0.3, -0.25) is 10.1 Å². The number of nitrogens with one attached hydrogen (secondary N) is 2. The maximum absolute atomic E-state index is 13.4. The van der Waals surface area contributed by atoms with Gasteiger partial charge < -0.3 is 24.4 Å². The van der Waals surface area contributed by atoms with Gasteiger partial charge in [-0.1, -0.05) is 34.7 Å². The van der Waals surface area contributed by atoms with Gasteiger partial charge in [0.2, 0.25) is 5.88 Å². The molecule has 1 aliphatic rings. The van der Waals surface area contributed by atoms with E-state index < -0.39 is 15.7 Å². The van der Waals surface area contributed by atoms with Gasteiger partial charge in [0, 0.05) is 44.5 Å². The lowest BCUT2D eigenvalue weighted by molar-refractivity contribution is -0.110. The van der Waals surface area contributed by atoms with E-state index in [0.717, 1.165) is 4.88 Å². The van der Waals surface area contributed by atoms with Gasteiger partial charge in [0.25, 0.3) is 5.91 Å². The van der Waals surface area contributed by atoms with Gasteiger partial charge in [0.1, 0.15) is 6.61 Å². The number of nitrogens with zero attached hydrogens (tertiary/aromatic N) is 3. The number of pyridine rings is 1. The number of carbonyl (C=O) groups excluding carboxylic acids is 1. The fraction of sp³-hybridized carbons (Fsp3) is 0.407. The highest BCUT2D eigenvalue weighted by Gasteiger charge is 2.22. The topological polar surface area (TPSA) is 150 Å². The zero-order valence-electron chi connectivity index (χ0n) is 22.9. The summed E-state index contributed by atoms with van der Waals surface area (Å²) in [7, 11) is -0.129. The van der Waals surface area contributed by atoms with Crippen LogP contribution < -0.4 is 15.4 Å². The molecule has 1 aromatic carbocycles. The van der Waals surface area contributed by atoms with Gasteiger partial charge in [-0.05, 0) is 31.7 Å². The first-order chi connectivity index (χ1) is 19.9. The Morgan fingerprint density at radius 3 is 2.76 bits per heavy atom. The number of hydrogen-bond acceptors (Lipinski definition) is 12. The fourth-order valence-corrected chi connectivity index (χ4v) is 5.84. The third-order valence-electron chi connectivity index (χ3n) is 5.95. The van der Waals surface area contributed by atoms with Gasteiger partial charge in [-0.2, -0.15) is 0 Å². The molecule has 1 amide bonds. The van der Waals surface area contributed by atoms with Crippen LogP contribution in [0, 0.1) is 0 Å². The average Bonchev–Trinajstić information content (AvgIpc) is 3.67. The molecule has 4 rings (SSSR count). The highest BCUT2D eigenvalue weighted by atomic mass is 32.2. The smallest absolute Gasteiger partial charge is 0.280 e. The molecule has 0 bridgehead atoms. The van der Waals surface area contributed by atoms with Crippen LogP contribution in [0.1, 0.15) is 18.4 Å². The van der Waals surface area contributed by atoms with Crippen molar-refractivity contribution in [2.45, 2.75) is 23.8 Å². The first-order valence-electron chi connectivity index (χ1n) is 13.1. The summed E-state index contributed by atoms with van der Waals surface area (Å²) in [6.07, 6.45) is 2.37. The molecule has 1 saturated heterocycles. The number of methoxy groups -OCH3 is 1. The van der Waals surface area contributed by atoms with E-state index in [-0.39, 0.29) is 22.5 Å². The molecule has 12 nitrogen and oxygen atoms in total. The lowest BCUT2D eigenvalue weighted by atomic mass is 10.1. The summed E-state index contributed by atoms with van der Waals surface area (Å²) >= 11 is 1.24. The number of thiazole rings is 1. The van der Waals surface area contributed by atoms with Crippen molar-refractivity contribution in [1.29, 1.82) is 0 Å². The van der Waals surface area contributed by atoms with Crippen LogP contribution in [0.5, 0.6) is 5.88 Å². The number of amides is 1. The van der Waals surface area contributed by atoms with Gasteiger partial charge >= 0.3 is 0 Å². The minimum atomic E-state index is -3.50. The van der Waals surface area contributed by atoms with Crippen LogP contribution in [0.4, 0.5) is 5.13 Å². The maximum atomic E-state index is 13.4. The highest BCUT2D eigenvalue weighted by molar-refractivity contribution is 7.91. The molecule has 14 heteroatoms. The first kappa shape index (κ1) is 30.5. The van der Waals surface area contributed by atoms with Crippen molar-refractivity contribution in [2.75, 3.05) is 58.2 Å². The molecule has 2 N–H and O–H groups in total. The van der Waals surface area contributed by atoms with Crippen LogP contribution in [0.2, 0.25) is 0 Å². The second-order valence-electron chi connectivity index (χ2n) is 9.02. The molecule has 0 radical (unpaired) electrons. The summed E-state index contributed by atoms with van der Waals surface area (Å²) in [5.41, 5.74) is 1.03. The number of likely N-dealkylation sites (N-methyl/N-ethyl adjacent to an activating group) is 1. The van der Waals surface area contributed by atoms with Crippen molar-refractivity contribution < 1.29 is 32.3 Å². The molecule has 0 unspecified atom stereocenters. The third-order valence-corrected chi connectivity index (χ3v) is 8.70. The molecule has 3 aromatic rings. The van der Waals surface area contributed by atoms with E-state index in [1.165, 1.54) is 42.7 Å². The molecule has 41 heavy (non-hydrogen) atoms. The number of anilines is 1. The Morgan fingerprint density at radius 2 is 2.02 bits per heavy atom. The molecule has 3 heterocycles. The van der Waals surface area contributed by atoms with Crippen LogP contribution in [-0.4, -0.2) is 89.0 Å². The number of benzene rings is 1. The number of rotatable bonds is 15. The van der Waals surface area contributed by atoms with E-state index in [2.05, 4.69) is 25.8 Å². The lowest BCUT2D eigenvalue weighted by Crippen LogP contribution is -2.25. The quantitative estimate of drug-likeness (QED) is 0.151. The van der Waals surface area contributed by atoms with E-state index in [0.29, 0.717) is 68.1 Å². The Morgan fingerprint density at radius 1 is 1.20 bits per heavy atom. The molecular weight excluding hydrogens is 570 g/mol. The standard InChI is InChI=1S/C27H33N5O7S2/c1-28-12-15-38-24-6-3-5-22(30-24)23-17-29-27(40-23)31-26(33)25(32-39-20-11-14-37-18-20)19-7-9-21(10-8-19)41(34,35)16-4-13-36-2/h3,5-10,17,20,28H,4,11-16,18H2,1-2H3,(H,29,31,33)/b32-25+/t20-/m1/s1. The normalized spacial score (nSPS) is 15.6. The number of ether oxygens (including phenoxy) is 3. The minimum Gasteiger partial charge on any atom is -0.476 e. The van der Waals surface area contributed by atoms with Gasteiger partial charge in [-0.25, -0.2) is 18.4 Å². The predicted molar refractivity (Wildman–Crippen MR) is 155 cm³/mol. The Kier molecular flexibility index (Phi) is 11.2. The Bertz CT molecular complexity index is 1420. The number of hydrogen-bond donors (Lipinski definition) is 2. The second kappa shape index (κ2) is 15.0. The van der Waals surface area contributed by atoms with Crippen LogP contribution >= 0.6 is 11.3 Å². The van der Waals surface area contributed by atoms with E-state index >= 15 is 0 Å². The molecular formula is C27H33N5O7S2. The third kappa shape index (κ3) is 8.78. The largest absolute Gasteiger partial charge is 0.476 e. The van der Waals surface area contributed by atoms with Crippen molar-refractivity contribution in [3.8, 4) is 16.5 Å². The molecule has 0 spiro atoms.